The molecule has 7 N–H and O–H groups in total. The minimum atomic E-state index is -1.33. The maximum Gasteiger partial charge on any atom is 0.326 e. The number of nitrogens with one attached hydrogen (secondary N) is 3. The van der Waals surface area contributed by atoms with Crippen molar-refractivity contribution in [3.63, 3.8) is 0 Å². The van der Waals surface area contributed by atoms with Crippen molar-refractivity contribution in [2.75, 3.05) is 11.1 Å². The van der Waals surface area contributed by atoms with E-state index in [0.29, 0.717) is 24.2 Å². The molecule has 13 nitrogen and oxygen atoms in total. The lowest BCUT2D eigenvalue weighted by Gasteiger charge is -2.19. The predicted octanol–water partition coefficient (Wildman–Crippen LogP) is 2.93. The van der Waals surface area contributed by atoms with E-state index in [0.717, 1.165) is 32.1 Å². The molecular formula is C27H35N7O6. The summed E-state index contributed by atoms with van der Waals surface area (Å²) in [5, 5.41) is 24.8. The summed E-state index contributed by atoms with van der Waals surface area (Å²) in [4.78, 5) is 62.9. The second kappa shape index (κ2) is 14.6. The van der Waals surface area contributed by atoms with Gasteiger partial charge < -0.3 is 26.6 Å². The SMILES string of the molecule is CCCCCCCCC(C[C@H](NC(=O)c1ccc(NCc2cnc3nc(N)[nH]c(=O)c3n2)cc1)C(=O)O)C(=O)O. The average Bonchev–Trinajstić information content (AvgIpc) is 2.92. The number of anilines is 2. The molecule has 2 heterocycles. The minimum absolute atomic E-state index is 0.0497. The molecule has 0 aliphatic carbocycles. The fourth-order valence-corrected chi connectivity index (χ4v) is 4.25. The third-order valence-corrected chi connectivity index (χ3v) is 6.49. The first-order valence-electron chi connectivity index (χ1n) is 13.3. The number of hydrogen-bond donors (Lipinski definition) is 6. The van der Waals surface area contributed by atoms with Gasteiger partial charge in [0.2, 0.25) is 5.95 Å². The largest absolute Gasteiger partial charge is 0.481 e. The van der Waals surface area contributed by atoms with Gasteiger partial charge in [0.15, 0.2) is 11.2 Å². The van der Waals surface area contributed by atoms with Gasteiger partial charge in [0.1, 0.15) is 6.04 Å². The molecule has 0 saturated heterocycles. The van der Waals surface area contributed by atoms with E-state index in [4.69, 9.17) is 5.73 Å². The molecule has 214 valence electrons. The molecule has 40 heavy (non-hydrogen) atoms. The first kappa shape index (κ1) is 30.0. The Morgan fingerprint density at radius 3 is 2.38 bits per heavy atom. The number of benzene rings is 1. The van der Waals surface area contributed by atoms with E-state index in [1.54, 1.807) is 12.1 Å². The quantitative estimate of drug-likeness (QED) is 0.142. The Morgan fingerprint density at radius 1 is 1.00 bits per heavy atom. The summed E-state index contributed by atoms with van der Waals surface area (Å²) in [7, 11) is 0. The van der Waals surface area contributed by atoms with Crippen LogP contribution in [-0.4, -0.2) is 54.0 Å². The lowest BCUT2D eigenvalue weighted by atomic mass is 9.93. The summed E-state index contributed by atoms with van der Waals surface area (Å²) in [5.74, 6) is -3.87. The molecule has 1 unspecified atom stereocenters. The van der Waals surface area contributed by atoms with Crippen LogP contribution in [0.1, 0.15) is 74.3 Å². The number of nitrogens with two attached hydrogens (primary N) is 1. The maximum atomic E-state index is 12.7. The van der Waals surface area contributed by atoms with Gasteiger partial charge in [-0.25, -0.2) is 14.8 Å². The summed E-state index contributed by atoms with van der Waals surface area (Å²) in [6.07, 6.45) is 7.61. The van der Waals surface area contributed by atoms with Crippen LogP contribution >= 0.6 is 0 Å². The molecule has 1 aromatic carbocycles. The highest BCUT2D eigenvalue weighted by molar-refractivity contribution is 5.97. The van der Waals surface area contributed by atoms with Gasteiger partial charge >= 0.3 is 11.9 Å². The summed E-state index contributed by atoms with van der Waals surface area (Å²) < 4.78 is 0. The molecule has 0 spiro atoms. The van der Waals surface area contributed by atoms with E-state index >= 15 is 0 Å². The third-order valence-electron chi connectivity index (χ3n) is 6.49. The van der Waals surface area contributed by atoms with E-state index in [1.807, 2.05) is 0 Å². The highest BCUT2D eigenvalue weighted by Crippen LogP contribution is 2.19. The minimum Gasteiger partial charge on any atom is -0.481 e. The van der Waals surface area contributed by atoms with Crippen LogP contribution < -0.4 is 21.9 Å². The number of amides is 1. The molecule has 0 aliphatic rings. The average molecular weight is 554 g/mol. The molecule has 13 heteroatoms. The van der Waals surface area contributed by atoms with E-state index in [2.05, 4.69) is 37.5 Å². The molecule has 0 fully saturated rings. The van der Waals surface area contributed by atoms with E-state index in [1.165, 1.54) is 18.3 Å². The molecule has 2 atom stereocenters. The second-order valence-corrected chi connectivity index (χ2v) is 9.61. The number of carbonyl (C=O) groups is 3. The fourth-order valence-electron chi connectivity index (χ4n) is 4.25. The number of carboxylic acids is 2. The molecule has 0 radical (unpaired) electrons. The number of unbranched alkanes of at least 4 members (excludes halogenated alkanes) is 5. The van der Waals surface area contributed by atoms with Gasteiger partial charge in [-0.1, -0.05) is 45.4 Å². The van der Waals surface area contributed by atoms with Gasteiger partial charge in [-0.15, -0.1) is 0 Å². The number of aliphatic carboxylic acids is 2. The fraction of sp³-hybridized carbons (Fsp3) is 0.444. The normalized spacial score (nSPS) is 12.5. The zero-order chi connectivity index (χ0) is 29.1. The molecule has 2 aromatic heterocycles. The number of hydrogen-bond acceptors (Lipinski definition) is 9. The monoisotopic (exact) mass is 553 g/mol. The summed E-state index contributed by atoms with van der Waals surface area (Å²) in [6.45, 7) is 2.35. The molecular weight excluding hydrogens is 518 g/mol. The Balaban J connectivity index is 1.55. The standard InChI is InChI=1S/C27H35N7O6/c1-2-3-4-5-6-7-8-17(25(37)38)13-20(26(39)40)32-23(35)16-9-11-18(12-10-16)29-14-19-15-30-22-21(31-19)24(36)34-27(28)33-22/h9-12,15,17,20,29H,2-8,13-14H2,1H3,(H,32,35)(H,37,38)(H,39,40)(H3,28,30,33,34,36)/t17?,20-/m0/s1. The lowest BCUT2D eigenvalue weighted by Crippen LogP contribution is -2.43. The second-order valence-electron chi connectivity index (χ2n) is 9.61. The number of nitrogens with zero attached hydrogens (tertiary/aromatic N) is 3. The molecule has 1 amide bonds. The highest BCUT2D eigenvalue weighted by Gasteiger charge is 2.28. The topological polar surface area (TPSA) is 213 Å². The molecule has 0 saturated carbocycles. The Morgan fingerprint density at radius 2 is 1.70 bits per heavy atom. The van der Waals surface area contributed by atoms with Crippen LogP contribution in [0.4, 0.5) is 11.6 Å². The lowest BCUT2D eigenvalue weighted by molar-refractivity contribution is -0.144. The van der Waals surface area contributed by atoms with Gasteiger partial charge in [0, 0.05) is 11.3 Å². The van der Waals surface area contributed by atoms with E-state index in [9.17, 15) is 29.4 Å². The van der Waals surface area contributed by atoms with Crippen LogP contribution in [-0.2, 0) is 16.1 Å². The Hall–Kier alpha value is -4.55. The van der Waals surface area contributed by atoms with E-state index < -0.39 is 35.4 Å². The van der Waals surface area contributed by atoms with Crippen LogP contribution in [0.15, 0.2) is 35.3 Å². The number of carbonyl (C=O) groups excluding carboxylic acids is 1. The van der Waals surface area contributed by atoms with Crippen molar-refractivity contribution in [2.24, 2.45) is 5.92 Å². The number of carboxylic acid groups (broad SMARTS) is 2. The van der Waals surface area contributed by atoms with Gasteiger partial charge in [-0.05, 0) is 37.1 Å². The molecule has 0 bridgehead atoms. The number of aromatic amines is 1. The van der Waals surface area contributed by atoms with Crippen LogP contribution in [0.25, 0.3) is 11.2 Å². The number of rotatable bonds is 16. The first-order valence-corrected chi connectivity index (χ1v) is 13.3. The van der Waals surface area contributed by atoms with Crippen molar-refractivity contribution in [2.45, 2.75) is 70.9 Å². The van der Waals surface area contributed by atoms with Crippen molar-refractivity contribution < 1.29 is 24.6 Å². The van der Waals surface area contributed by atoms with Crippen LogP contribution in [0.3, 0.4) is 0 Å². The Labute approximate surface area is 230 Å². The van der Waals surface area contributed by atoms with Crippen molar-refractivity contribution in [3.05, 3.63) is 52.1 Å². The van der Waals surface area contributed by atoms with Gasteiger partial charge in [-0.2, -0.15) is 4.98 Å². The number of fused-ring (bicyclic) bond motifs is 1. The number of aromatic nitrogens is 4. The van der Waals surface area contributed by atoms with Crippen molar-refractivity contribution in [1.82, 2.24) is 25.3 Å². The Bertz CT molecular complexity index is 1380. The third kappa shape index (κ3) is 8.75. The van der Waals surface area contributed by atoms with Gasteiger partial charge in [-0.3, -0.25) is 19.4 Å². The highest BCUT2D eigenvalue weighted by atomic mass is 16.4. The van der Waals surface area contributed by atoms with Gasteiger partial charge in [0.05, 0.1) is 24.4 Å². The smallest absolute Gasteiger partial charge is 0.326 e. The first-order chi connectivity index (χ1) is 19.2. The summed E-state index contributed by atoms with van der Waals surface area (Å²) >= 11 is 0. The number of nitrogen functional groups attached to an aromatic ring is 1. The van der Waals surface area contributed by atoms with Crippen molar-refractivity contribution >= 4 is 40.6 Å². The zero-order valence-corrected chi connectivity index (χ0v) is 22.4. The summed E-state index contributed by atoms with van der Waals surface area (Å²) in [5.41, 5.74) is 6.55. The number of H-pyrrole nitrogens is 1. The van der Waals surface area contributed by atoms with Crippen molar-refractivity contribution in [1.29, 1.82) is 0 Å². The maximum absolute atomic E-state index is 12.7. The molecule has 3 aromatic rings. The Kier molecular flexibility index (Phi) is 10.9. The zero-order valence-electron chi connectivity index (χ0n) is 22.4. The summed E-state index contributed by atoms with van der Waals surface area (Å²) in [6, 6.07) is 4.97. The van der Waals surface area contributed by atoms with E-state index in [-0.39, 0.29) is 35.6 Å². The van der Waals surface area contributed by atoms with Gasteiger partial charge in [0.25, 0.3) is 11.5 Å². The molecule has 3 rings (SSSR count). The predicted molar refractivity (Wildman–Crippen MR) is 149 cm³/mol. The van der Waals surface area contributed by atoms with Crippen LogP contribution in [0, 0.1) is 5.92 Å². The van der Waals surface area contributed by atoms with Crippen molar-refractivity contribution in [3.8, 4) is 0 Å². The van der Waals surface area contributed by atoms with Crippen LogP contribution in [0.2, 0.25) is 0 Å². The van der Waals surface area contributed by atoms with Crippen LogP contribution in [0.5, 0.6) is 0 Å². The molecule has 0 aliphatic heterocycles.